The zero-order chi connectivity index (χ0) is 22.3. The van der Waals surface area contributed by atoms with E-state index in [1.54, 1.807) is 31.8 Å². The number of ether oxygens (including phenoxy) is 1. The molecule has 1 aliphatic rings. The van der Waals surface area contributed by atoms with E-state index in [0.717, 1.165) is 16.9 Å². The lowest BCUT2D eigenvalue weighted by molar-refractivity contribution is 0.0792. The molecule has 1 N–H and O–H groups in total. The molecule has 3 aromatic carbocycles. The van der Waals surface area contributed by atoms with Gasteiger partial charge in [-0.25, -0.2) is 9.37 Å². The lowest BCUT2D eigenvalue weighted by Gasteiger charge is -2.23. The van der Waals surface area contributed by atoms with Crippen LogP contribution in [0.25, 0.3) is 11.1 Å². The highest BCUT2D eigenvalue weighted by atomic mass is 19.1. The monoisotopic (exact) mass is 425 g/mol. The van der Waals surface area contributed by atoms with E-state index >= 15 is 0 Å². The van der Waals surface area contributed by atoms with Gasteiger partial charge in [-0.1, -0.05) is 42.5 Å². The molecule has 0 fully saturated rings. The van der Waals surface area contributed by atoms with E-state index < -0.39 is 17.5 Å². The minimum Gasteiger partial charge on any atom is -0.497 e. The zero-order valence-electron chi connectivity index (χ0n) is 17.4. The first-order valence-corrected chi connectivity index (χ1v) is 10.2. The molecule has 1 aliphatic heterocycles. The Bertz CT molecular complexity index is 1320. The van der Waals surface area contributed by atoms with Crippen molar-refractivity contribution in [3.05, 3.63) is 107 Å². The molecule has 6 heteroatoms. The first-order chi connectivity index (χ1) is 15.5. The maximum atomic E-state index is 14.8. The van der Waals surface area contributed by atoms with Crippen LogP contribution >= 0.6 is 0 Å². The quantitative estimate of drug-likeness (QED) is 0.510. The van der Waals surface area contributed by atoms with Crippen LogP contribution < -0.4 is 4.74 Å². The molecule has 0 bridgehead atoms. The van der Waals surface area contributed by atoms with Gasteiger partial charge in [0, 0.05) is 12.0 Å². The van der Waals surface area contributed by atoms with Crippen molar-refractivity contribution < 1.29 is 14.2 Å². The summed E-state index contributed by atoms with van der Waals surface area (Å²) in [4.78, 5) is 4.20. The summed E-state index contributed by atoms with van der Waals surface area (Å²) in [6.45, 7) is 0. The Morgan fingerprint density at radius 2 is 1.78 bits per heavy atom. The molecule has 158 valence electrons. The average molecular weight is 425 g/mol. The Balaban J connectivity index is 1.49. The molecule has 0 spiro atoms. The van der Waals surface area contributed by atoms with Crippen molar-refractivity contribution in [3.63, 3.8) is 0 Å². The van der Waals surface area contributed by atoms with Gasteiger partial charge in [-0.2, -0.15) is 5.26 Å². The molecule has 5 nitrogen and oxygen atoms in total. The third kappa shape index (κ3) is 3.15. The summed E-state index contributed by atoms with van der Waals surface area (Å²) in [6, 6.07) is 21.5. The van der Waals surface area contributed by atoms with Crippen molar-refractivity contribution in [2.75, 3.05) is 7.11 Å². The molecule has 4 aromatic rings. The van der Waals surface area contributed by atoms with E-state index in [-0.39, 0.29) is 12.0 Å². The number of imidazole rings is 1. The summed E-state index contributed by atoms with van der Waals surface area (Å²) in [5.74, 6) is 0.327. The molecular formula is C26H20FN3O2. The Morgan fingerprint density at radius 3 is 2.41 bits per heavy atom. The second kappa shape index (κ2) is 7.63. The fraction of sp³-hybridized carbons (Fsp3) is 0.154. The minimum atomic E-state index is -1.31. The van der Waals surface area contributed by atoms with Gasteiger partial charge >= 0.3 is 0 Å². The number of aliphatic hydroxyl groups is 1. The fourth-order valence-electron chi connectivity index (χ4n) is 4.47. The lowest BCUT2D eigenvalue weighted by Crippen LogP contribution is -2.24. The minimum absolute atomic E-state index is 0.263. The number of nitriles is 1. The van der Waals surface area contributed by atoms with E-state index in [1.165, 1.54) is 6.07 Å². The van der Waals surface area contributed by atoms with Crippen molar-refractivity contribution >= 4 is 0 Å². The Labute approximate surface area is 185 Å². The highest BCUT2D eigenvalue weighted by Gasteiger charge is 2.45. The van der Waals surface area contributed by atoms with Crippen molar-refractivity contribution in [1.82, 2.24) is 9.55 Å². The number of fused-ring (bicyclic) bond motifs is 1. The van der Waals surface area contributed by atoms with Crippen LogP contribution in [0, 0.1) is 17.1 Å². The Kier molecular flexibility index (Phi) is 4.76. The largest absolute Gasteiger partial charge is 0.497 e. The molecule has 0 amide bonds. The molecule has 2 heterocycles. The molecule has 0 unspecified atom stereocenters. The Hall–Kier alpha value is -3.95. The van der Waals surface area contributed by atoms with Crippen LogP contribution in [0.15, 0.2) is 79.3 Å². The van der Waals surface area contributed by atoms with Crippen LogP contribution in [0.2, 0.25) is 0 Å². The number of rotatable bonds is 4. The third-order valence-corrected chi connectivity index (χ3v) is 6.19. The maximum Gasteiger partial charge on any atom is 0.133 e. The summed E-state index contributed by atoms with van der Waals surface area (Å²) >= 11 is 0. The normalized spacial score (nSPS) is 19.4. The summed E-state index contributed by atoms with van der Waals surface area (Å²) < 4.78 is 21.8. The van der Waals surface area contributed by atoms with Crippen LogP contribution in [0.1, 0.15) is 34.8 Å². The van der Waals surface area contributed by atoms with E-state index in [9.17, 15) is 9.50 Å². The van der Waals surface area contributed by atoms with Gasteiger partial charge in [0.25, 0.3) is 0 Å². The second-order valence-electron chi connectivity index (χ2n) is 7.92. The standard InChI is InChI=1S/C26H20FN3O2/c1-32-21-9-5-19(6-10-21)18-3-7-20(8-4-18)26(31)13-24(30-16-29-15-25(26)30)22-11-2-17(14-28)12-23(22)27/h2-12,15-16,24,31H,13H2,1H3/t24-,26+/m1/s1. The van der Waals surface area contributed by atoms with Crippen molar-refractivity contribution in [2.45, 2.75) is 18.1 Å². The number of aromatic nitrogens is 2. The topological polar surface area (TPSA) is 71.1 Å². The maximum absolute atomic E-state index is 14.8. The van der Waals surface area contributed by atoms with E-state index in [0.29, 0.717) is 16.8 Å². The molecule has 0 radical (unpaired) electrons. The second-order valence-corrected chi connectivity index (χ2v) is 7.92. The molecule has 2 atom stereocenters. The summed E-state index contributed by atoms with van der Waals surface area (Å²) in [5.41, 5.74) is 2.77. The van der Waals surface area contributed by atoms with Gasteiger partial charge in [-0.05, 0) is 41.0 Å². The average Bonchev–Trinajstić information content (AvgIpc) is 3.43. The van der Waals surface area contributed by atoms with Crippen molar-refractivity contribution in [1.29, 1.82) is 5.26 Å². The number of benzene rings is 3. The molecule has 1 aromatic heterocycles. The zero-order valence-corrected chi connectivity index (χ0v) is 17.4. The molecular weight excluding hydrogens is 405 g/mol. The van der Waals surface area contributed by atoms with Gasteiger partial charge in [-0.15, -0.1) is 0 Å². The molecule has 5 rings (SSSR count). The van der Waals surface area contributed by atoms with Crippen LogP contribution in [-0.2, 0) is 5.60 Å². The highest BCUT2D eigenvalue weighted by Crippen LogP contribution is 2.47. The predicted molar refractivity (Wildman–Crippen MR) is 118 cm³/mol. The van der Waals surface area contributed by atoms with Crippen LogP contribution in [0.4, 0.5) is 4.39 Å². The van der Waals surface area contributed by atoms with Crippen molar-refractivity contribution in [2.24, 2.45) is 0 Å². The summed E-state index contributed by atoms with van der Waals surface area (Å²) in [6.07, 6.45) is 3.51. The first kappa shape index (κ1) is 20.0. The number of halogens is 1. The molecule has 0 saturated heterocycles. The van der Waals surface area contributed by atoms with Gasteiger partial charge in [-0.3, -0.25) is 0 Å². The number of nitrogens with zero attached hydrogens (tertiary/aromatic N) is 3. The van der Waals surface area contributed by atoms with Crippen LogP contribution in [0.3, 0.4) is 0 Å². The fourth-order valence-corrected chi connectivity index (χ4v) is 4.47. The van der Waals surface area contributed by atoms with Gasteiger partial charge < -0.3 is 14.4 Å². The predicted octanol–water partition coefficient (Wildman–Crippen LogP) is 4.80. The van der Waals surface area contributed by atoms with Crippen LogP contribution in [0.5, 0.6) is 5.75 Å². The third-order valence-electron chi connectivity index (χ3n) is 6.19. The van der Waals surface area contributed by atoms with E-state index in [2.05, 4.69) is 4.98 Å². The number of hydrogen-bond donors (Lipinski definition) is 1. The smallest absolute Gasteiger partial charge is 0.133 e. The molecule has 32 heavy (non-hydrogen) atoms. The molecule has 0 aliphatic carbocycles. The number of methoxy groups -OCH3 is 1. The van der Waals surface area contributed by atoms with Gasteiger partial charge in [0.1, 0.15) is 17.2 Å². The summed E-state index contributed by atoms with van der Waals surface area (Å²) in [5, 5.41) is 20.7. The highest BCUT2D eigenvalue weighted by molar-refractivity contribution is 5.65. The van der Waals surface area contributed by atoms with Crippen LogP contribution in [-0.4, -0.2) is 21.8 Å². The van der Waals surface area contributed by atoms with E-state index in [4.69, 9.17) is 10.00 Å². The lowest BCUT2D eigenvalue weighted by atomic mass is 9.86. The van der Waals surface area contributed by atoms with Gasteiger partial charge in [0.15, 0.2) is 0 Å². The van der Waals surface area contributed by atoms with Crippen molar-refractivity contribution in [3.8, 4) is 22.9 Å². The first-order valence-electron chi connectivity index (χ1n) is 10.2. The summed E-state index contributed by atoms with van der Waals surface area (Å²) in [7, 11) is 1.63. The van der Waals surface area contributed by atoms with Gasteiger partial charge in [0.05, 0.1) is 43.0 Å². The SMILES string of the molecule is COc1ccc(-c2ccc([C@@]3(O)C[C@H](c4ccc(C#N)cc4F)n4cncc43)cc2)cc1. The Morgan fingerprint density at radius 1 is 1.09 bits per heavy atom. The van der Waals surface area contributed by atoms with E-state index in [1.807, 2.05) is 59.2 Å². The molecule has 0 saturated carbocycles. The number of hydrogen-bond acceptors (Lipinski definition) is 4. The van der Waals surface area contributed by atoms with Gasteiger partial charge in [0.2, 0.25) is 0 Å².